The lowest BCUT2D eigenvalue weighted by molar-refractivity contribution is 0.0697. The zero-order valence-corrected chi connectivity index (χ0v) is 10.9. The van der Waals surface area contributed by atoms with Crippen molar-refractivity contribution >= 4 is 33.2 Å². The van der Waals surface area contributed by atoms with Gasteiger partial charge in [-0.05, 0) is 28.4 Å². The van der Waals surface area contributed by atoms with E-state index in [9.17, 15) is 4.79 Å². The lowest BCUT2D eigenvalue weighted by Gasteiger charge is -2.02. The van der Waals surface area contributed by atoms with E-state index in [1.54, 1.807) is 0 Å². The number of hydrogen-bond donors (Lipinski definition) is 1. The smallest absolute Gasteiger partial charge is 0.338 e. The molecule has 2 rings (SSSR count). The molecule has 0 spiro atoms. The molecule has 0 fully saturated rings. The minimum absolute atomic E-state index is 0.343. The monoisotopic (exact) mass is 296 g/mol. The summed E-state index contributed by atoms with van der Waals surface area (Å²) in [5.41, 5.74) is 3.18. The summed E-state index contributed by atoms with van der Waals surface area (Å²) in [4.78, 5) is 11.1. The maximum Gasteiger partial charge on any atom is 0.338 e. The molecule has 0 aliphatic heterocycles. The number of halogens is 1. The second kappa shape index (κ2) is 4.39. The highest BCUT2D eigenvalue weighted by Gasteiger charge is 2.17. The minimum atomic E-state index is -0.898. The van der Waals surface area contributed by atoms with Gasteiger partial charge < -0.3 is 5.11 Å². The van der Waals surface area contributed by atoms with Crippen molar-refractivity contribution in [3.8, 4) is 11.1 Å². The first-order chi connectivity index (χ1) is 7.59. The molecule has 82 valence electrons. The predicted octanol–water partition coefficient (Wildman–Crippen LogP) is 4.18. The Morgan fingerprint density at radius 2 is 2.19 bits per heavy atom. The third-order valence-electron chi connectivity index (χ3n) is 2.29. The van der Waals surface area contributed by atoms with E-state index in [4.69, 9.17) is 5.11 Å². The van der Waals surface area contributed by atoms with Crippen molar-refractivity contribution in [3.05, 3.63) is 44.6 Å². The van der Waals surface area contributed by atoms with Gasteiger partial charge in [0.15, 0.2) is 0 Å². The van der Waals surface area contributed by atoms with Gasteiger partial charge in [-0.2, -0.15) is 0 Å². The van der Waals surface area contributed by atoms with Crippen LogP contribution >= 0.6 is 27.3 Å². The first-order valence-electron chi connectivity index (χ1n) is 4.67. The lowest BCUT2D eigenvalue weighted by atomic mass is 10.0. The number of carboxylic acid groups (broad SMARTS) is 1. The van der Waals surface area contributed by atoms with Crippen LogP contribution in [-0.4, -0.2) is 11.1 Å². The predicted molar refractivity (Wildman–Crippen MR) is 69.2 cm³/mol. The largest absolute Gasteiger partial charge is 0.478 e. The fourth-order valence-corrected chi connectivity index (χ4v) is 3.01. The van der Waals surface area contributed by atoms with Gasteiger partial charge in [0.25, 0.3) is 0 Å². The molecule has 2 nitrogen and oxygen atoms in total. The van der Waals surface area contributed by atoms with Crippen LogP contribution in [0.3, 0.4) is 0 Å². The second-order valence-corrected chi connectivity index (χ2v) is 5.67. The third kappa shape index (κ3) is 2.03. The van der Waals surface area contributed by atoms with Crippen molar-refractivity contribution in [2.24, 2.45) is 0 Å². The summed E-state index contributed by atoms with van der Waals surface area (Å²) in [6.07, 6.45) is 0. The molecule has 1 heterocycles. The highest BCUT2D eigenvalue weighted by molar-refractivity contribution is 9.11. The number of thiophene rings is 1. The Balaban J connectivity index is 2.60. The third-order valence-corrected chi connectivity index (χ3v) is 4.01. The van der Waals surface area contributed by atoms with Crippen molar-refractivity contribution < 1.29 is 9.90 Å². The average Bonchev–Trinajstić information content (AvgIpc) is 2.60. The Morgan fingerprint density at radius 1 is 1.44 bits per heavy atom. The van der Waals surface area contributed by atoms with Crippen molar-refractivity contribution in [3.63, 3.8) is 0 Å². The molecule has 0 aliphatic rings. The van der Waals surface area contributed by atoms with Crippen LogP contribution in [0, 0.1) is 6.92 Å². The molecular weight excluding hydrogens is 288 g/mol. The van der Waals surface area contributed by atoms with Crippen LogP contribution in [-0.2, 0) is 0 Å². The van der Waals surface area contributed by atoms with E-state index >= 15 is 0 Å². The molecule has 0 bridgehead atoms. The molecule has 16 heavy (non-hydrogen) atoms. The molecular formula is C12H9BrO2S. The number of rotatable bonds is 2. The highest BCUT2D eigenvalue weighted by Crippen LogP contribution is 2.35. The summed E-state index contributed by atoms with van der Waals surface area (Å²) in [6, 6.07) is 7.84. The van der Waals surface area contributed by atoms with E-state index in [0.717, 1.165) is 16.7 Å². The second-order valence-electron chi connectivity index (χ2n) is 3.47. The zero-order valence-electron chi connectivity index (χ0n) is 8.53. The first kappa shape index (κ1) is 11.4. The van der Waals surface area contributed by atoms with E-state index < -0.39 is 5.97 Å². The topological polar surface area (TPSA) is 37.3 Å². The summed E-state index contributed by atoms with van der Waals surface area (Å²) >= 11 is 4.67. The molecule has 1 N–H and O–H groups in total. The molecule has 0 saturated heterocycles. The van der Waals surface area contributed by atoms with Gasteiger partial charge in [-0.1, -0.05) is 29.8 Å². The van der Waals surface area contributed by atoms with Crippen molar-refractivity contribution in [1.29, 1.82) is 0 Å². The first-order valence-corrected chi connectivity index (χ1v) is 6.34. The Bertz CT molecular complexity index is 546. The van der Waals surface area contributed by atoms with Gasteiger partial charge >= 0.3 is 5.97 Å². The summed E-state index contributed by atoms with van der Waals surface area (Å²) in [5.74, 6) is -0.898. The van der Waals surface area contributed by atoms with E-state index in [-0.39, 0.29) is 0 Å². The normalized spacial score (nSPS) is 10.4. The number of benzene rings is 1. The average molecular weight is 297 g/mol. The van der Waals surface area contributed by atoms with E-state index in [0.29, 0.717) is 9.35 Å². The highest BCUT2D eigenvalue weighted by atomic mass is 79.9. The Morgan fingerprint density at radius 3 is 2.81 bits per heavy atom. The van der Waals surface area contributed by atoms with Crippen LogP contribution in [0.5, 0.6) is 0 Å². The van der Waals surface area contributed by atoms with Crippen LogP contribution in [0.4, 0.5) is 0 Å². The van der Waals surface area contributed by atoms with Crippen molar-refractivity contribution in [1.82, 2.24) is 0 Å². The minimum Gasteiger partial charge on any atom is -0.478 e. The summed E-state index contributed by atoms with van der Waals surface area (Å²) < 4.78 is 0.663. The standard InChI is InChI=1S/C12H9BrO2S/c1-7-3-2-4-8(5-7)9-6-16-11(13)10(9)12(14)15/h2-6H,1H3,(H,14,15). The van der Waals surface area contributed by atoms with E-state index in [1.165, 1.54) is 11.3 Å². The quantitative estimate of drug-likeness (QED) is 0.902. The molecule has 1 aromatic carbocycles. The van der Waals surface area contributed by atoms with Crippen LogP contribution in [0.1, 0.15) is 15.9 Å². The van der Waals surface area contributed by atoms with Crippen LogP contribution in [0.15, 0.2) is 33.4 Å². The number of carbonyl (C=O) groups is 1. The molecule has 0 aliphatic carbocycles. The van der Waals surface area contributed by atoms with Gasteiger partial charge in [-0.3, -0.25) is 0 Å². The van der Waals surface area contributed by atoms with Gasteiger partial charge in [0.1, 0.15) is 0 Å². The fraction of sp³-hybridized carbons (Fsp3) is 0.0833. The molecule has 4 heteroatoms. The van der Waals surface area contributed by atoms with Crippen molar-refractivity contribution in [2.75, 3.05) is 0 Å². The van der Waals surface area contributed by atoms with Crippen LogP contribution in [0.25, 0.3) is 11.1 Å². The van der Waals surface area contributed by atoms with Gasteiger partial charge in [0.05, 0.1) is 9.35 Å². The zero-order chi connectivity index (χ0) is 11.7. The summed E-state index contributed by atoms with van der Waals surface area (Å²) in [6.45, 7) is 1.99. The summed E-state index contributed by atoms with van der Waals surface area (Å²) in [5, 5.41) is 11.0. The summed E-state index contributed by atoms with van der Waals surface area (Å²) in [7, 11) is 0. The Labute approximate surface area is 106 Å². The SMILES string of the molecule is Cc1cccc(-c2csc(Br)c2C(=O)O)c1. The van der Waals surface area contributed by atoms with Crippen LogP contribution < -0.4 is 0 Å². The van der Waals surface area contributed by atoms with Gasteiger partial charge in [0, 0.05) is 10.9 Å². The van der Waals surface area contributed by atoms with E-state index in [2.05, 4.69) is 15.9 Å². The molecule has 0 unspecified atom stereocenters. The van der Waals surface area contributed by atoms with Gasteiger partial charge in [0.2, 0.25) is 0 Å². The van der Waals surface area contributed by atoms with Crippen molar-refractivity contribution in [2.45, 2.75) is 6.92 Å². The van der Waals surface area contributed by atoms with E-state index in [1.807, 2.05) is 36.6 Å². The molecule has 0 radical (unpaired) electrons. The van der Waals surface area contributed by atoms with Gasteiger partial charge in [-0.15, -0.1) is 11.3 Å². The molecule has 0 amide bonds. The maximum absolute atomic E-state index is 11.1. The molecule has 1 aromatic heterocycles. The van der Waals surface area contributed by atoms with Crippen LogP contribution in [0.2, 0.25) is 0 Å². The molecule has 0 atom stereocenters. The maximum atomic E-state index is 11.1. The fourth-order valence-electron chi connectivity index (χ4n) is 1.56. The number of carboxylic acids is 1. The Kier molecular flexibility index (Phi) is 3.12. The molecule has 2 aromatic rings. The Hall–Kier alpha value is -1.13. The number of aryl methyl sites for hydroxylation is 1. The lowest BCUT2D eigenvalue weighted by Crippen LogP contribution is -1.97. The number of aromatic carboxylic acids is 1. The van der Waals surface area contributed by atoms with Gasteiger partial charge in [-0.25, -0.2) is 4.79 Å². The molecule has 0 saturated carbocycles. The number of hydrogen-bond acceptors (Lipinski definition) is 2.